The van der Waals surface area contributed by atoms with Crippen LogP contribution >= 0.6 is 0 Å². The summed E-state index contributed by atoms with van der Waals surface area (Å²) in [5, 5.41) is 0. The molecule has 3 saturated heterocycles. The van der Waals surface area contributed by atoms with Crippen molar-refractivity contribution in [3.8, 4) is 0 Å². The third kappa shape index (κ3) is 4.47. The fourth-order valence-corrected chi connectivity index (χ4v) is 6.11. The molecular weight excluding hydrogens is 452 g/mol. The summed E-state index contributed by atoms with van der Waals surface area (Å²) in [6, 6.07) is 19.9. The number of amides is 3. The summed E-state index contributed by atoms with van der Waals surface area (Å²) in [5.74, 6) is 0.0175. The largest absolute Gasteiger partial charge is 0.342 e. The number of nitrogens with zero attached hydrogens (tertiary/aromatic N) is 4. The molecule has 0 radical (unpaired) electrons. The van der Waals surface area contributed by atoms with Crippen LogP contribution in [0.2, 0.25) is 0 Å². The van der Waals surface area contributed by atoms with Crippen LogP contribution < -0.4 is 4.90 Å². The summed E-state index contributed by atoms with van der Waals surface area (Å²) in [6.45, 7) is 5.21. The monoisotopic (exact) mass is 488 g/mol. The van der Waals surface area contributed by atoms with Crippen LogP contribution in [0.3, 0.4) is 0 Å². The number of para-hydroxylation sites is 1. The Morgan fingerprint density at radius 1 is 0.861 bits per heavy atom. The van der Waals surface area contributed by atoms with Crippen molar-refractivity contribution in [1.82, 2.24) is 14.7 Å². The number of carbonyl (C=O) groups is 3. The van der Waals surface area contributed by atoms with Crippen LogP contribution in [0.5, 0.6) is 0 Å². The lowest BCUT2D eigenvalue weighted by Gasteiger charge is -2.44. The van der Waals surface area contributed by atoms with Gasteiger partial charge in [-0.15, -0.1) is 0 Å². The Morgan fingerprint density at radius 3 is 2.08 bits per heavy atom. The fraction of sp³-hybridized carbons (Fsp3) is 0.483. The van der Waals surface area contributed by atoms with Crippen molar-refractivity contribution < 1.29 is 14.4 Å². The highest BCUT2D eigenvalue weighted by atomic mass is 16.2. The van der Waals surface area contributed by atoms with Crippen molar-refractivity contribution in [3.63, 3.8) is 0 Å². The lowest BCUT2D eigenvalue weighted by molar-refractivity contribution is -0.142. The smallest absolute Gasteiger partial charge is 0.250 e. The summed E-state index contributed by atoms with van der Waals surface area (Å²) in [6.07, 6.45) is 3.93. The molecule has 7 heteroatoms. The minimum absolute atomic E-state index is 0.0149. The van der Waals surface area contributed by atoms with E-state index < -0.39 is 5.54 Å². The molecule has 36 heavy (non-hydrogen) atoms. The molecule has 0 aromatic heterocycles. The molecular formula is C29H36N4O3. The molecule has 0 bridgehead atoms. The van der Waals surface area contributed by atoms with Crippen LogP contribution in [-0.2, 0) is 14.4 Å². The van der Waals surface area contributed by atoms with Crippen molar-refractivity contribution in [2.45, 2.75) is 50.5 Å². The molecule has 1 unspecified atom stereocenters. The first-order chi connectivity index (χ1) is 17.5. The zero-order valence-corrected chi connectivity index (χ0v) is 21.1. The average Bonchev–Trinajstić information content (AvgIpc) is 3.55. The third-order valence-corrected chi connectivity index (χ3v) is 8.18. The summed E-state index contributed by atoms with van der Waals surface area (Å²) in [7, 11) is 0. The summed E-state index contributed by atoms with van der Waals surface area (Å²) < 4.78 is 0. The van der Waals surface area contributed by atoms with Gasteiger partial charge in [-0.2, -0.15) is 0 Å². The maximum atomic E-state index is 13.9. The van der Waals surface area contributed by atoms with E-state index in [-0.39, 0.29) is 30.2 Å². The number of likely N-dealkylation sites (tertiary alicyclic amines) is 2. The van der Waals surface area contributed by atoms with Gasteiger partial charge in [0.15, 0.2) is 0 Å². The molecule has 0 saturated carbocycles. The quantitative estimate of drug-likeness (QED) is 0.625. The molecule has 3 heterocycles. The highest BCUT2D eigenvalue weighted by molar-refractivity contribution is 5.96. The number of anilines is 1. The summed E-state index contributed by atoms with van der Waals surface area (Å²) >= 11 is 0. The second-order valence-corrected chi connectivity index (χ2v) is 10.2. The van der Waals surface area contributed by atoms with Crippen LogP contribution in [-0.4, -0.2) is 77.4 Å². The van der Waals surface area contributed by atoms with Gasteiger partial charge < -0.3 is 19.6 Å². The second kappa shape index (κ2) is 10.3. The van der Waals surface area contributed by atoms with Gasteiger partial charge in [-0.3, -0.25) is 14.4 Å². The van der Waals surface area contributed by atoms with Gasteiger partial charge >= 0.3 is 0 Å². The molecule has 5 rings (SSSR count). The van der Waals surface area contributed by atoms with Gasteiger partial charge in [-0.25, -0.2) is 0 Å². The zero-order chi connectivity index (χ0) is 25.1. The van der Waals surface area contributed by atoms with Crippen LogP contribution in [0.4, 0.5) is 5.69 Å². The number of piperidine rings is 1. The van der Waals surface area contributed by atoms with E-state index in [0.717, 1.165) is 43.6 Å². The predicted octanol–water partition coefficient (Wildman–Crippen LogP) is 3.47. The van der Waals surface area contributed by atoms with E-state index in [9.17, 15) is 14.4 Å². The van der Waals surface area contributed by atoms with E-state index in [4.69, 9.17) is 0 Å². The van der Waals surface area contributed by atoms with Crippen molar-refractivity contribution >= 4 is 23.4 Å². The SMILES string of the molecule is CCC(C(=O)N1CCC2(CC1)C(=O)N(CC(=O)N1CCCC1)CN2c1ccccc1)c1ccccc1. The van der Waals surface area contributed by atoms with E-state index in [0.29, 0.717) is 32.6 Å². The Balaban J connectivity index is 1.34. The fourth-order valence-electron chi connectivity index (χ4n) is 6.11. The predicted molar refractivity (Wildman–Crippen MR) is 139 cm³/mol. The van der Waals surface area contributed by atoms with Crippen LogP contribution in [0.1, 0.15) is 50.5 Å². The highest BCUT2D eigenvalue weighted by Gasteiger charge is 2.54. The number of carbonyl (C=O) groups excluding carboxylic acids is 3. The van der Waals surface area contributed by atoms with E-state index in [2.05, 4.69) is 4.90 Å². The molecule has 190 valence electrons. The summed E-state index contributed by atoms with van der Waals surface area (Å²) in [4.78, 5) is 48.0. The third-order valence-electron chi connectivity index (χ3n) is 8.18. The number of rotatable bonds is 6. The van der Waals surface area contributed by atoms with Crippen LogP contribution in [0, 0.1) is 0 Å². The summed E-state index contributed by atoms with van der Waals surface area (Å²) in [5.41, 5.74) is 1.30. The Morgan fingerprint density at radius 2 is 1.47 bits per heavy atom. The first-order valence-electron chi connectivity index (χ1n) is 13.3. The van der Waals surface area contributed by atoms with E-state index in [1.54, 1.807) is 4.90 Å². The average molecular weight is 489 g/mol. The van der Waals surface area contributed by atoms with Gasteiger partial charge in [0.25, 0.3) is 5.91 Å². The van der Waals surface area contributed by atoms with Gasteiger partial charge in [0.2, 0.25) is 11.8 Å². The van der Waals surface area contributed by atoms with E-state index in [1.165, 1.54) is 0 Å². The molecule has 7 nitrogen and oxygen atoms in total. The number of hydrogen-bond donors (Lipinski definition) is 0. The van der Waals surface area contributed by atoms with Crippen molar-refractivity contribution in [3.05, 3.63) is 66.2 Å². The van der Waals surface area contributed by atoms with Gasteiger partial charge in [-0.05, 0) is 49.8 Å². The molecule has 2 aromatic rings. The molecule has 3 fully saturated rings. The molecule has 0 N–H and O–H groups in total. The van der Waals surface area contributed by atoms with Crippen molar-refractivity contribution in [1.29, 1.82) is 0 Å². The molecule has 1 atom stereocenters. The minimum atomic E-state index is -0.724. The molecule has 2 aromatic carbocycles. The van der Waals surface area contributed by atoms with Gasteiger partial charge in [0.05, 0.1) is 12.6 Å². The first kappa shape index (κ1) is 24.3. The van der Waals surface area contributed by atoms with Gasteiger partial charge in [0.1, 0.15) is 12.1 Å². The van der Waals surface area contributed by atoms with E-state index in [1.807, 2.05) is 77.4 Å². The first-order valence-corrected chi connectivity index (χ1v) is 13.3. The normalized spacial score (nSPS) is 20.3. The molecule has 3 aliphatic rings. The maximum absolute atomic E-state index is 13.9. The number of hydrogen-bond acceptors (Lipinski definition) is 4. The molecule has 0 aliphatic carbocycles. The second-order valence-electron chi connectivity index (χ2n) is 10.2. The highest BCUT2D eigenvalue weighted by Crippen LogP contribution is 2.40. The zero-order valence-electron chi connectivity index (χ0n) is 21.1. The number of benzene rings is 2. The van der Waals surface area contributed by atoms with Crippen LogP contribution in [0.15, 0.2) is 60.7 Å². The van der Waals surface area contributed by atoms with Crippen molar-refractivity contribution in [2.24, 2.45) is 0 Å². The molecule has 3 aliphatic heterocycles. The van der Waals surface area contributed by atoms with E-state index >= 15 is 0 Å². The van der Waals surface area contributed by atoms with Gasteiger partial charge in [-0.1, -0.05) is 55.5 Å². The Hall–Kier alpha value is -3.35. The molecule has 3 amide bonds. The molecule has 1 spiro atoms. The van der Waals surface area contributed by atoms with Crippen molar-refractivity contribution in [2.75, 3.05) is 44.3 Å². The topological polar surface area (TPSA) is 64.2 Å². The lowest BCUT2D eigenvalue weighted by Crippen LogP contribution is -2.58. The Labute approximate surface area is 213 Å². The minimum Gasteiger partial charge on any atom is -0.342 e. The lowest BCUT2D eigenvalue weighted by atomic mass is 9.84. The maximum Gasteiger partial charge on any atom is 0.250 e. The Kier molecular flexibility index (Phi) is 6.99. The van der Waals surface area contributed by atoms with Gasteiger partial charge in [0, 0.05) is 31.9 Å². The van der Waals surface area contributed by atoms with Crippen LogP contribution in [0.25, 0.3) is 0 Å². The Bertz CT molecular complexity index is 1080. The standard InChI is InChI=1S/C29H36N4O3/c1-2-25(23-11-5-3-6-12-23)27(35)31-19-15-29(16-20-31)28(36)32(21-26(34)30-17-9-10-18-30)22-33(29)24-13-7-4-8-14-24/h3-8,11-14,25H,2,9-10,15-22H2,1H3.